The Balaban J connectivity index is 1.61. The smallest absolute Gasteiger partial charge is 0.254 e. The van der Waals surface area contributed by atoms with Crippen LogP contribution in [0, 0.1) is 13.8 Å². The summed E-state index contributed by atoms with van der Waals surface area (Å²) < 4.78 is 5.94. The third kappa shape index (κ3) is 5.37. The van der Waals surface area contributed by atoms with E-state index in [1.165, 1.54) is 0 Å². The quantitative estimate of drug-likeness (QED) is 0.802. The van der Waals surface area contributed by atoms with Gasteiger partial charge in [-0.2, -0.15) is 0 Å². The van der Waals surface area contributed by atoms with E-state index in [2.05, 4.69) is 11.4 Å². The van der Waals surface area contributed by atoms with Gasteiger partial charge in [0.05, 0.1) is 6.04 Å². The van der Waals surface area contributed by atoms with Gasteiger partial charge in [0.15, 0.2) is 0 Å². The SMILES string of the molecule is Cc1cc(C)cc(C(=O)N2CCC[C@@H]2COc2ccc(C(=O)NC(C)C)cc2)c1. The third-order valence-corrected chi connectivity index (χ3v) is 5.09. The van der Waals surface area contributed by atoms with Gasteiger partial charge in [0, 0.05) is 23.7 Å². The highest BCUT2D eigenvalue weighted by atomic mass is 16.5. The molecule has 0 spiro atoms. The summed E-state index contributed by atoms with van der Waals surface area (Å²) in [4.78, 5) is 27.0. The number of hydrogen-bond acceptors (Lipinski definition) is 3. The van der Waals surface area contributed by atoms with Crippen LogP contribution in [0.3, 0.4) is 0 Å². The zero-order valence-corrected chi connectivity index (χ0v) is 17.7. The van der Waals surface area contributed by atoms with E-state index in [1.807, 2.05) is 44.7 Å². The predicted octanol–water partition coefficient (Wildman–Crippen LogP) is 4.13. The molecule has 29 heavy (non-hydrogen) atoms. The van der Waals surface area contributed by atoms with Crippen molar-refractivity contribution in [1.29, 1.82) is 0 Å². The van der Waals surface area contributed by atoms with Gasteiger partial charge in [0.1, 0.15) is 12.4 Å². The van der Waals surface area contributed by atoms with E-state index in [1.54, 1.807) is 24.3 Å². The van der Waals surface area contributed by atoms with Crippen molar-refractivity contribution in [3.8, 4) is 5.75 Å². The fourth-order valence-electron chi connectivity index (χ4n) is 3.78. The molecule has 0 aromatic heterocycles. The molecule has 5 nitrogen and oxygen atoms in total. The first kappa shape index (κ1) is 20.9. The lowest BCUT2D eigenvalue weighted by atomic mass is 10.1. The highest BCUT2D eigenvalue weighted by Crippen LogP contribution is 2.23. The summed E-state index contributed by atoms with van der Waals surface area (Å²) in [5.74, 6) is 0.688. The van der Waals surface area contributed by atoms with Crippen molar-refractivity contribution in [2.45, 2.75) is 52.6 Å². The summed E-state index contributed by atoms with van der Waals surface area (Å²) in [7, 11) is 0. The van der Waals surface area contributed by atoms with Gasteiger partial charge in [-0.3, -0.25) is 9.59 Å². The van der Waals surface area contributed by atoms with Crippen LogP contribution in [-0.4, -0.2) is 41.9 Å². The van der Waals surface area contributed by atoms with Gasteiger partial charge < -0.3 is 15.0 Å². The maximum atomic E-state index is 13.0. The fraction of sp³-hybridized carbons (Fsp3) is 0.417. The lowest BCUT2D eigenvalue weighted by Gasteiger charge is -2.25. The summed E-state index contributed by atoms with van der Waals surface area (Å²) >= 11 is 0. The van der Waals surface area contributed by atoms with Crippen LogP contribution < -0.4 is 10.1 Å². The van der Waals surface area contributed by atoms with Crippen LogP contribution in [0.1, 0.15) is 58.5 Å². The highest BCUT2D eigenvalue weighted by Gasteiger charge is 2.30. The largest absolute Gasteiger partial charge is 0.491 e. The molecule has 2 aromatic carbocycles. The molecule has 1 saturated heterocycles. The van der Waals surface area contributed by atoms with Gasteiger partial charge in [-0.05, 0) is 76.9 Å². The Hall–Kier alpha value is -2.82. The monoisotopic (exact) mass is 394 g/mol. The van der Waals surface area contributed by atoms with Crippen LogP contribution in [0.25, 0.3) is 0 Å². The molecule has 1 aliphatic rings. The van der Waals surface area contributed by atoms with Gasteiger partial charge in [0.2, 0.25) is 0 Å². The first-order chi connectivity index (χ1) is 13.8. The zero-order valence-electron chi connectivity index (χ0n) is 17.7. The van der Waals surface area contributed by atoms with Crippen molar-refractivity contribution in [3.05, 3.63) is 64.7 Å². The summed E-state index contributed by atoms with van der Waals surface area (Å²) in [6, 6.07) is 13.3. The van der Waals surface area contributed by atoms with Gasteiger partial charge in [-0.15, -0.1) is 0 Å². The number of benzene rings is 2. The molecule has 0 aliphatic carbocycles. The third-order valence-electron chi connectivity index (χ3n) is 5.09. The van der Waals surface area contributed by atoms with E-state index >= 15 is 0 Å². The first-order valence-electron chi connectivity index (χ1n) is 10.3. The second kappa shape index (κ2) is 9.12. The normalized spacial score (nSPS) is 16.2. The Kier molecular flexibility index (Phi) is 6.57. The van der Waals surface area contributed by atoms with Crippen LogP contribution in [0.2, 0.25) is 0 Å². The number of ether oxygens (including phenoxy) is 1. The predicted molar refractivity (Wildman–Crippen MR) is 115 cm³/mol. The number of likely N-dealkylation sites (tertiary alicyclic amines) is 1. The van der Waals surface area contributed by atoms with Crippen molar-refractivity contribution < 1.29 is 14.3 Å². The van der Waals surface area contributed by atoms with E-state index in [9.17, 15) is 9.59 Å². The number of hydrogen-bond donors (Lipinski definition) is 1. The molecule has 2 aromatic rings. The molecular formula is C24H30N2O3. The lowest BCUT2D eigenvalue weighted by Crippen LogP contribution is -2.39. The lowest BCUT2D eigenvalue weighted by molar-refractivity contribution is 0.0691. The van der Waals surface area contributed by atoms with Crippen molar-refractivity contribution in [1.82, 2.24) is 10.2 Å². The minimum atomic E-state index is -0.0902. The Morgan fingerprint density at radius 3 is 2.34 bits per heavy atom. The number of amides is 2. The van der Waals surface area contributed by atoms with Crippen molar-refractivity contribution in [2.24, 2.45) is 0 Å². The standard InChI is InChI=1S/C24H30N2O3/c1-16(2)25-23(27)19-7-9-22(10-8-19)29-15-21-6-5-11-26(21)24(28)20-13-17(3)12-18(4)14-20/h7-10,12-14,16,21H,5-6,11,15H2,1-4H3,(H,25,27)/t21-/m1/s1. The fourth-order valence-corrected chi connectivity index (χ4v) is 3.78. The number of rotatable bonds is 6. The molecule has 1 atom stereocenters. The number of nitrogens with one attached hydrogen (secondary N) is 1. The molecule has 0 saturated carbocycles. The summed E-state index contributed by atoms with van der Waals surface area (Å²) in [5.41, 5.74) is 3.55. The average molecular weight is 395 g/mol. The van der Waals surface area contributed by atoms with E-state index in [-0.39, 0.29) is 23.9 Å². The van der Waals surface area contributed by atoms with Crippen LogP contribution in [0.4, 0.5) is 0 Å². The number of aryl methyl sites for hydroxylation is 2. The summed E-state index contributed by atoms with van der Waals surface area (Å²) in [6.07, 6.45) is 1.92. The van der Waals surface area contributed by atoms with E-state index in [0.29, 0.717) is 17.9 Å². The second-order valence-corrected chi connectivity index (χ2v) is 8.13. The molecule has 0 bridgehead atoms. The maximum Gasteiger partial charge on any atom is 0.254 e. The van der Waals surface area contributed by atoms with Crippen LogP contribution in [0.5, 0.6) is 5.75 Å². The first-order valence-corrected chi connectivity index (χ1v) is 10.3. The minimum Gasteiger partial charge on any atom is -0.491 e. The minimum absolute atomic E-state index is 0.0623. The Labute approximate surface area is 173 Å². The van der Waals surface area contributed by atoms with E-state index in [0.717, 1.165) is 36.1 Å². The van der Waals surface area contributed by atoms with Gasteiger partial charge in [-0.1, -0.05) is 17.2 Å². The Bertz CT molecular complexity index is 854. The van der Waals surface area contributed by atoms with Crippen molar-refractivity contribution in [3.63, 3.8) is 0 Å². The number of carbonyl (C=O) groups is 2. The van der Waals surface area contributed by atoms with Crippen molar-refractivity contribution >= 4 is 11.8 Å². The zero-order chi connectivity index (χ0) is 21.0. The topological polar surface area (TPSA) is 58.6 Å². The molecule has 2 amide bonds. The molecule has 1 aliphatic heterocycles. The molecule has 5 heteroatoms. The van der Waals surface area contributed by atoms with Gasteiger partial charge in [-0.25, -0.2) is 0 Å². The van der Waals surface area contributed by atoms with E-state index in [4.69, 9.17) is 4.74 Å². The molecular weight excluding hydrogens is 364 g/mol. The molecule has 3 rings (SSSR count). The maximum absolute atomic E-state index is 13.0. The summed E-state index contributed by atoms with van der Waals surface area (Å²) in [6.45, 7) is 9.10. The van der Waals surface area contributed by atoms with Crippen LogP contribution in [-0.2, 0) is 0 Å². The van der Waals surface area contributed by atoms with Gasteiger partial charge in [0.25, 0.3) is 11.8 Å². The van der Waals surface area contributed by atoms with Crippen LogP contribution >= 0.6 is 0 Å². The summed E-state index contributed by atoms with van der Waals surface area (Å²) in [5, 5.41) is 2.87. The molecule has 154 valence electrons. The van der Waals surface area contributed by atoms with Gasteiger partial charge >= 0.3 is 0 Å². The average Bonchev–Trinajstić information content (AvgIpc) is 3.13. The molecule has 1 N–H and O–H groups in total. The Morgan fingerprint density at radius 2 is 1.72 bits per heavy atom. The molecule has 0 radical (unpaired) electrons. The van der Waals surface area contributed by atoms with E-state index < -0.39 is 0 Å². The number of carbonyl (C=O) groups excluding carboxylic acids is 2. The highest BCUT2D eigenvalue weighted by molar-refractivity contribution is 5.95. The van der Waals surface area contributed by atoms with Crippen LogP contribution in [0.15, 0.2) is 42.5 Å². The van der Waals surface area contributed by atoms with Crippen molar-refractivity contribution in [2.75, 3.05) is 13.2 Å². The molecule has 1 heterocycles. The second-order valence-electron chi connectivity index (χ2n) is 8.13. The molecule has 1 fully saturated rings. The number of nitrogens with zero attached hydrogens (tertiary/aromatic N) is 1. The molecule has 0 unspecified atom stereocenters. The Morgan fingerprint density at radius 1 is 1.07 bits per heavy atom.